The molecule has 4 nitrogen and oxygen atoms in total. The standard InChI is InChI=1S/C11H12O4/c1-14-10-8(6-9(12)13)3-2-7-4-5-15-11(7)10/h2-3H,4-6H2,1H3,(H,12,13). The third kappa shape index (κ3) is 1.75. The van der Waals surface area contributed by atoms with Crippen molar-refractivity contribution in [3.8, 4) is 11.5 Å². The van der Waals surface area contributed by atoms with Crippen molar-refractivity contribution in [3.63, 3.8) is 0 Å². The Morgan fingerprint density at radius 1 is 1.60 bits per heavy atom. The van der Waals surface area contributed by atoms with Gasteiger partial charge in [0.1, 0.15) is 0 Å². The molecule has 4 heteroatoms. The molecule has 0 saturated carbocycles. The molecule has 0 bridgehead atoms. The molecule has 0 saturated heterocycles. The number of rotatable bonds is 3. The van der Waals surface area contributed by atoms with E-state index < -0.39 is 5.97 Å². The predicted molar refractivity (Wildman–Crippen MR) is 53.5 cm³/mol. The summed E-state index contributed by atoms with van der Waals surface area (Å²) in [5, 5.41) is 8.74. The average Bonchev–Trinajstić information content (AvgIpc) is 2.64. The minimum absolute atomic E-state index is 0.0419. The van der Waals surface area contributed by atoms with Gasteiger partial charge in [0.25, 0.3) is 0 Å². The number of hydrogen-bond donors (Lipinski definition) is 1. The Morgan fingerprint density at radius 2 is 2.40 bits per heavy atom. The number of carboxylic acid groups (broad SMARTS) is 1. The summed E-state index contributed by atoms with van der Waals surface area (Å²) >= 11 is 0. The van der Waals surface area contributed by atoms with Crippen LogP contribution in [0.25, 0.3) is 0 Å². The smallest absolute Gasteiger partial charge is 0.307 e. The van der Waals surface area contributed by atoms with Crippen LogP contribution in [-0.4, -0.2) is 24.8 Å². The summed E-state index contributed by atoms with van der Waals surface area (Å²) in [6, 6.07) is 3.70. The molecule has 0 radical (unpaired) electrons. The Bertz CT molecular complexity index is 398. The first-order valence-electron chi connectivity index (χ1n) is 4.75. The van der Waals surface area contributed by atoms with Crippen LogP contribution in [0.5, 0.6) is 11.5 Å². The zero-order chi connectivity index (χ0) is 10.8. The SMILES string of the molecule is COc1c(CC(=O)O)ccc2c1OCC2. The topological polar surface area (TPSA) is 55.8 Å². The van der Waals surface area contributed by atoms with Crippen molar-refractivity contribution < 1.29 is 19.4 Å². The van der Waals surface area contributed by atoms with E-state index in [1.807, 2.05) is 6.07 Å². The molecule has 1 aliphatic rings. The number of ether oxygens (including phenoxy) is 2. The van der Waals surface area contributed by atoms with Gasteiger partial charge in [-0.15, -0.1) is 0 Å². The molecule has 1 heterocycles. The Balaban J connectivity index is 2.43. The van der Waals surface area contributed by atoms with Crippen LogP contribution in [0.2, 0.25) is 0 Å². The van der Waals surface area contributed by atoms with Crippen molar-refractivity contribution in [1.82, 2.24) is 0 Å². The molecule has 2 rings (SSSR count). The van der Waals surface area contributed by atoms with Gasteiger partial charge in [-0.25, -0.2) is 0 Å². The van der Waals surface area contributed by atoms with Crippen LogP contribution in [-0.2, 0) is 17.6 Å². The van der Waals surface area contributed by atoms with Crippen LogP contribution in [0.1, 0.15) is 11.1 Å². The number of hydrogen-bond acceptors (Lipinski definition) is 3. The second-order valence-electron chi connectivity index (χ2n) is 3.42. The van der Waals surface area contributed by atoms with E-state index in [4.69, 9.17) is 14.6 Å². The van der Waals surface area contributed by atoms with Gasteiger partial charge in [-0.3, -0.25) is 4.79 Å². The van der Waals surface area contributed by atoms with Crippen LogP contribution in [0.15, 0.2) is 12.1 Å². The Kier molecular flexibility index (Phi) is 2.49. The summed E-state index contributed by atoms with van der Waals surface area (Å²) in [4.78, 5) is 10.6. The number of fused-ring (bicyclic) bond motifs is 1. The summed E-state index contributed by atoms with van der Waals surface area (Å²) in [5.41, 5.74) is 1.74. The van der Waals surface area contributed by atoms with E-state index in [2.05, 4.69) is 0 Å². The van der Waals surface area contributed by atoms with Gasteiger partial charge in [0, 0.05) is 17.5 Å². The van der Waals surface area contributed by atoms with Crippen molar-refractivity contribution in [3.05, 3.63) is 23.3 Å². The lowest BCUT2D eigenvalue weighted by Gasteiger charge is -2.10. The summed E-state index contributed by atoms with van der Waals surface area (Å²) in [6.45, 7) is 0.641. The monoisotopic (exact) mass is 208 g/mol. The lowest BCUT2D eigenvalue weighted by Crippen LogP contribution is -2.03. The van der Waals surface area contributed by atoms with Gasteiger partial charge in [0.05, 0.1) is 20.1 Å². The highest BCUT2D eigenvalue weighted by atomic mass is 16.5. The molecule has 15 heavy (non-hydrogen) atoms. The zero-order valence-corrected chi connectivity index (χ0v) is 8.45. The van der Waals surface area contributed by atoms with Crippen LogP contribution in [0, 0.1) is 0 Å². The molecule has 1 N–H and O–H groups in total. The molecule has 1 aromatic carbocycles. The van der Waals surface area contributed by atoms with E-state index in [9.17, 15) is 4.79 Å². The minimum atomic E-state index is -0.869. The van der Waals surface area contributed by atoms with Gasteiger partial charge in [-0.1, -0.05) is 12.1 Å². The van der Waals surface area contributed by atoms with E-state index in [0.717, 1.165) is 12.0 Å². The van der Waals surface area contributed by atoms with Crippen LogP contribution in [0.3, 0.4) is 0 Å². The van der Waals surface area contributed by atoms with Crippen molar-refractivity contribution in [2.75, 3.05) is 13.7 Å². The summed E-state index contributed by atoms with van der Waals surface area (Å²) < 4.78 is 10.6. The Hall–Kier alpha value is -1.71. The molecule has 1 aliphatic heterocycles. The second-order valence-corrected chi connectivity index (χ2v) is 3.42. The highest BCUT2D eigenvalue weighted by Gasteiger charge is 2.21. The lowest BCUT2D eigenvalue weighted by atomic mass is 10.1. The van der Waals surface area contributed by atoms with E-state index in [-0.39, 0.29) is 6.42 Å². The number of benzene rings is 1. The second kappa shape index (κ2) is 3.81. The number of carboxylic acids is 1. The van der Waals surface area contributed by atoms with Crippen molar-refractivity contribution in [2.45, 2.75) is 12.8 Å². The molecule has 0 fully saturated rings. The first-order valence-corrected chi connectivity index (χ1v) is 4.75. The van der Waals surface area contributed by atoms with E-state index in [1.54, 1.807) is 6.07 Å². The van der Waals surface area contributed by atoms with Crippen LogP contribution >= 0.6 is 0 Å². The molecule has 0 atom stereocenters. The first-order chi connectivity index (χ1) is 7.22. The number of methoxy groups -OCH3 is 1. The highest BCUT2D eigenvalue weighted by Crippen LogP contribution is 2.38. The normalized spacial score (nSPS) is 13.1. The van der Waals surface area contributed by atoms with E-state index >= 15 is 0 Å². The van der Waals surface area contributed by atoms with E-state index in [1.165, 1.54) is 7.11 Å². The molecule has 0 unspecified atom stereocenters. The van der Waals surface area contributed by atoms with Crippen molar-refractivity contribution >= 4 is 5.97 Å². The lowest BCUT2D eigenvalue weighted by molar-refractivity contribution is -0.136. The van der Waals surface area contributed by atoms with Gasteiger partial charge >= 0.3 is 5.97 Å². The Morgan fingerprint density at radius 3 is 3.07 bits per heavy atom. The molecule has 1 aromatic rings. The summed E-state index contributed by atoms with van der Waals surface area (Å²) in [5.74, 6) is 0.398. The third-order valence-electron chi connectivity index (χ3n) is 2.44. The fourth-order valence-corrected chi connectivity index (χ4v) is 1.79. The van der Waals surface area contributed by atoms with Gasteiger partial charge in [0.15, 0.2) is 11.5 Å². The van der Waals surface area contributed by atoms with Gasteiger partial charge in [-0.2, -0.15) is 0 Å². The first kappa shape index (κ1) is 9.83. The molecular weight excluding hydrogens is 196 g/mol. The predicted octanol–water partition coefficient (Wildman–Crippen LogP) is 1.26. The largest absolute Gasteiger partial charge is 0.493 e. The van der Waals surface area contributed by atoms with Gasteiger partial charge in [0.2, 0.25) is 0 Å². The third-order valence-corrected chi connectivity index (χ3v) is 2.44. The van der Waals surface area contributed by atoms with Gasteiger partial charge in [-0.05, 0) is 0 Å². The minimum Gasteiger partial charge on any atom is -0.493 e. The maximum absolute atomic E-state index is 10.6. The molecule has 0 spiro atoms. The quantitative estimate of drug-likeness (QED) is 0.812. The maximum atomic E-state index is 10.6. The van der Waals surface area contributed by atoms with Crippen LogP contribution < -0.4 is 9.47 Å². The fraction of sp³-hybridized carbons (Fsp3) is 0.364. The summed E-state index contributed by atoms with van der Waals surface area (Å²) in [6.07, 6.45) is 0.818. The number of carbonyl (C=O) groups is 1. The van der Waals surface area contributed by atoms with Crippen molar-refractivity contribution in [1.29, 1.82) is 0 Å². The molecule has 0 aliphatic carbocycles. The van der Waals surface area contributed by atoms with E-state index in [0.29, 0.717) is 23.7 Å². The summed E-state index contributed by atoms with van der Waals surface area (Å²) in [7, 11) is 1.53. The number of aliphatic carboxylic acids is 1. The van der Waals surface area contributed by atoms with Gasteiger partial charge < -0.3 is 14.6 Å². The van der Waals surface area contributed by atoms with Crippen LogP contribution in [0.4, 0.5) is 0 Å². The van der Waals surface area contributed by atoms with Crippen molar-refractivity contribution in [2.24, 2.45) is 0 Å². The zero-order valence-electron chi connectivity index (χ0n) is 8.45. The maximum Gasteiger partial charge on any atom is 0.307 e. The molecule has 0 amide bonds. The molecule has 0 aromatic heterocycles. The Labute approximate surface area is 87.4 Å². The molecular formula is C11H12O4. The highest BCUT2D eigenvalue weighted by molar-refractivity contribution is 5.72. The average molecular weight is 208 g/mol. The molecule has 80 valence electrons. The fourth-order valence-electron chi connectivity index (χ4n) is 1.79.